The van der Waals surface area contributed by atoms with Gasteiger partial charge >= 0.3 is 0 Å². The zero-order valence-corrected chi connectivity index (χ0v) is 12.7. The van der Waals surface area contributed by atoms with Gasteiger partial charge in [-0.15, -0.1) is 0 Å². The third-order valence-electron chi connectivity index (χ3n) is 6.26. The second kappa shape index (κ2) is 5.31. The van der Waals surface area contributed by atoms with Crippen molar-refractivity contribution in [3.8, 4) is 6.07 Å². The van der Waals surface area contributed by atoms with Gasteiger partial charge in [-0.1, -0.05) is 19.8 Å². The molecule has 2 saturated heterocycles. The average Bonchev–Trinajstić information content (AvgIpc) is 2.80. The van der Waals surface area contributed by atoms with E-state index in [-0.39, 0.29) is 0 Å². The number of hydrogen-bond acceptors (Lipinski definition) is 3. The van der Waals surface area contributed by atoms with E-state index >= 15 is 0 Å². The van der Waals surface area contributed by atoms with Gasteiger partial charge in [0.25, 0.3) is 0 Å². The van der Waals surface area contributed by atoms with Crippen molar-refractivity contribution >= 4 is 0 Å². The Morgan fingerprint density at radius 1 is 1.15 bits per heavy atom. The van der Waals surface area contributed by atoms with Crippen LogP contribution in [0.1, 0.15) is 71.1 Å². The summed E-state index contributed by atoms with van der Waals surface area (Å²) in [4.78, 5) is 0. The minimum atomic E-state index is -0.740. The summed E-state index contributed by atoms with van der Waals surface area (Å²) < 4.78 is 0. The molecule has 3 aliphatic rings. The Morgan fingerprint density at radius 3 is 2.25 bits per heavy atom. The van der Waals surface area contributed by atoms with E-state index in [0.717, 1.165) is 44.4 Å². The highest BCUT2D eigenvalue weighted by Crippen LogP contribution is 2.53. The third-order valence-corrected chi connectivity index (χ3v) is 6.26. The van der Waals surface area contributed by atoms with Crippen molar-refractivity contribution in [2.75, 3.05) is 0 Å². The lowest BCUT2D eigenvalue weighted by atomic mass is 9.58. The van der Waals surface area contributed by atoms with E-state index in [1.807, 2.05) is 0 Å². The summed E-state index contributed by atoms with van der Waals surface area (Å²) in [5.41, 5.74) is -1.21. The fourth-order valence-corrected chi connectivity index (χ4v) is 5.06. The molecule has 0 spiro atoms. The molecule has 112 valence electrons. The van der Waals surface area contributed by atoms with Crippen molar-refractivity contribution in [1.29, 1.82) is 5.26 Å². The molecule has 1 aliphatic carbocycles. The molecule has 2 N–H and O–H groups in total. The molecule has 1 saturated carbocycles. The summed E-state index contributed by atoms with van der Waals surface area (Å²) in [6.07, 6.45) is 10.5. The number of nitrogens with one attached hydrogen (secondary N) is 1. The van der Waals surface area contributed by atoms with Crippen molar-refractivity contribution in [2.24, 2.45) is 11.3 Å². The fraction of sp³-hybridized carbons (Fsp3) is 0.941. The van der Waals surface area contributed by atoms with E-state index in [2.05, 4.69) is 18.3 Å². The molecule has 2 aliphatic heterocycles. The summed E-state index contributed by atoms with van der Waals surface area (Å²) in [6.45, 7) is 2.24. The number of nitriles is 1. The third kappa shape index (κ3) is 2.27. The normalized spacial score (nSPS) is 48.0. The molecule has 2 atom stereocenters. The van der Waals surface area contributed by atoms with Crippen molar-refractivity contribution in [2.45, 2.75) is 88.8 Å². The quantitative estimate of drug-likeness (QED) is 0.832. The van der Waals surface area contributed by atoms with Crippen molar-refractivity contribution in [3.05, 3.63) is 0 Å². The lowest BCUT2D eigenvalue weighted by Gasteiger charge is -2.50. The molecule has 2 unspecified atom stereocenters. The Labute approximate surface area is 122 Å². The molecule has 3 nitrogen and oxygen atoms in total. The van der Waals surface area contributed by atoms with E-state index in [4.69, 9.17) is 0 Å². The first-order chi connectivity index (χ1) is 9.61. The highest BCUT2D eigenvalue weighted by Gasteiger charge is 2.56. The summed E-state index contributed by atoms with van der Waals surface area (Å²) in [5, 5.41) is 24.7. The number of fused-ring (bicyclic) bond motifs is 2. The molecule has 0 aromatic rings. The Bertz CT molecular complexity index is 380. The Hall–Kier alpha value is -0.590. The molecule has 2 heterocycles. The van der Waals surface area contributed by atoms with Gasteiger partial charge in [0.1, 0.15) is 0 Å². The maximum Gasteiger partial charge on any atom is 0.0862 e. The van der Waals surface area contributed by atoms with E-state index in [0.29, 0.717) is 12.1 Å². The summed E-state index contributed by atoms with van der Waals surface area (Å²) in [6, 6.07) is 3.47. The monoisotopic (exact) mass is 276 g/mol. The zero-order valence-electron chi connectivity index (χ0n) is 12.7. The average molecular weight is 276 g/mol. The van der Waals surface area contributed by atoms with Crippen LogP contribution in [0.5, 0.6) is 0 Å². The van der Waals surface area contributed by atoms with Crippen molar-refractivity contribution in [1.82, 2.24) is 5.32 Å². The number of aliphatic hydroxyl groups is 1. The number of piperidine rings is 1. The van der Waals surface area contributed by atoms with Crippen LogP contribution in [-0.2, 0) is 0 Å². The molecule has 3 fully saturated rings. The lowest BCUT2D eigenvalue weighted by Crippen LogP contribution is -2.58. The summed E-state index contributed by atoms with van der Waals surface area (Å²) in [7, 11) is 0. The molecule has 20 heavy (non-hydrogen) atoms. The van der Waals surface area contributed by atoms with Crippen LogP contribution in [-0.4, -0.2) is 22.8 Å². The SMILES string of the molecule is CCCC1CCC(C#N)(C2(O)CC3CCC(C2)N3)CC1. The highest BCUT2D eigenvalue weighted by molar-refractivity contribution is 5.17. The first-order valence-electron chi connectivity index (χ1n) is 8.50. The first kappa shape index (κ1) is 14.4. The van der Waals surface area contributed by atoms with Crippen LogP contribution in [0.3, 0.4) is 0 Å². The van der Waals surface area contributed by atoms with Crippen molar-refractivity contribution < 1.29 is 5.11 Å². The van der Waals surface area contributed by atoms with E-state index < -0.39 is 11.0 Å². The Morgan fingerprint density at radius 2 is 1.75 bits per heavy atom. The molecule has 0 radical (unpaired) electrons. The van der Waals surface area contributed by atoms with Crippen LogP contribution in [0, 0.1) is 22.7 Å². The van der Waals surface area contributed by atoms with Crippen LogP contribution in [0.4, 0.5) is 0 Å². The number of nitrogens with zero attached hydrogens (tertiary/aromatic N) is 1. The van der Waals surface area contributed by atoms with E-state index in [1.54, 1.807) is 0 Å². The Kier molecular flexibility index (Phi) is 3.81. The molecule has 3 rings (SSSR count). The van der Waals surface area contributed by atoms with Gasteiger partial charge in [-0.2, -0.15) is 5.26 Å². The van der Waals surface area contributed by atoms with Crippen LogP contribution >= 0.6 is 0 Å². The maximum absolute atomic E-state index is 11.3. The van der Waals surface area contributed by atoms with Gasteiger partial charge in [-0.3, -0.25) is 0 Å². The fourth-order valence-electron chi connectivity index (χ4n) is 5.06. The number of hydrogen-bond donors (Lipinski definition) is 2. The van der Waals surface area contributed by atoms with Gasteiger partial charge < -0.3 is 10.4 Å². The van der Waals surface area contributed by atoms with Crippen LogP contribution in [0.15, 0.2) is 0 Å². The predicted octanol–water partition coefficient (Wildman–Crippen LogP) is 3.13. The van der Waals surface area contributed by atoms with Crippen LogP contribution in [0.2, 0.25) is 0 Å². The van der Waals surface area contributed by atoms with Gasteiger partial charge in [0.05, 0.1) is 17.1 Å². The maximum atomic E-state index is 11.3. The molecule has 0 aromatic carbocycles. The molecular formula is C17H28N2O. The largest absolute Gasteiger partial charge is 0.388 e. The molecule has 3 heteroatoms. The highest BCUT2D eigenvalue weighted by atomic mass is 16.3. The molecular weight excluding hydrogens is 248 g/mol. The van der Waals surface area contributed by atoms with Gasteiger partial charge in [0.2, 0.25) is 0 Å². The molecule has 0 amide bonds. The second-order valence-electron chi connectivity index (χ2n) is 7.50. The predicted molar refractivity (Wildman–Crippen MR) is 79.0 cm³/mol. The lowest BCUT2D eigenvalue weighted by molar-refractivity contribution is -0.108. The molecule has 0 aromatic heterocycles. The topological polar surface area (TPSA) is 56.0 Å². The van der Waals surface area contributed by atoms with Gasteiger partial charge in [-0.05, 0) is 57.3 Å². The zero-order chi connectivity index (χ0) is 14.2. The minimum absolute atomic E-state index is 0.442. The summed E-state index contributed by atoms with van der Waals surface area (Å²) >= 11 is 0. The minimum Gasteiger partial charge on any atom is -0.388 e. The standard InChI is InChI=1S/C17H28N2O/c1-2-3-13-6-8-16(12-18,9-7-13)17(20)10-14-4-5-15(11-17)19-14/h13-15,19-20H,2-11H2,1H3. The first-order valence-corrected chi connectivity index (χ1v) is 8.50. The van der Waals surface area contributed by atoms with Crippen molar-refractivity contribution in [3.63, 3.8) is 0 Å². The van der Waals surface area contributed by atoms with E-state index in [1.165, 1.54) is 25.7 Å². The van der Waals surface area contributed by atoms with Crippen LogP contribution < -0.4 is 5.32 Å². The smallest absolute Gasteiger partial charge is 0.0862 e. The van der Waals surface area contributed by atoms with Gasteiger partial charge in [0, 0.05) is 12.1 Å². The second-order valence-corrected chi connectivity index (χ2v) is 7.50. The van der Waals surface area contributed by atoms with E-state index in [9.17, 15) is 10.4 Å². The van der Waals surface area contributed by atoms with Crippen LogP contribution in [0.25, 0.3) is 0 Å². The summed E-state index contributed by atoms with van der Waals surface area (Å²) in [5.74, 6) is 0.781. The van der Waals surface area contributed by atoms with Gasteiger partial charge in [0.15, 0.2) is 0 Å². The molecule has 2 bridgehead atoms. The van der Waals surface area contributed by atoms with Gasteiger partial charge in [-0.25, -0.2) is 0 Å². The number of rotatable bonds is 3. The Balaban J connectivity index is 1.75.